The fourth-order valence-corrected chi connectivity index (χ4v) is 4.61. The summed E-state index contributed by atoms with van der Waals surface area (Å²) in [5, 5.41) is 11.0. The van der Waals surface area contributed by atoms with E-state index in [2.05, 4.69) is 25.1 Å². The molecular weight excluding hydrogens is 336 g/mol. The summed E-state index contributed by atoms with van der Waals surface area (Å²) in [6.45, 7) is 2.91. The largest absolute Gasteiger partial charge is 0.343 e. The molecule has 2 aliphatic rings. The maximum atomic E-state index is 12.4. The molecule has 25 heavy (non-hydrogen) atoms. The summed E-state index contributed by atoms with van der Waals surface area (Å²) in [4.78, 5) is 24.6. The van der Waals surface area contributed by atoms with Crippen molar-refractivity contribution in [2.24, 2.45) is 0 Å². The molecule has 132 valence electrons. The van der Waals surface area contributed by atoms with E-state index >= 15 is 0 Å². The maximum Gasteiger partial charge on any atom is 0.274 e. The van der Waals surface area contributed by atoms with Crippen LogP contribution in [0.5, 0.6) is 0 Å². The van der Waals surface area contributed by atoms with E-state index in [1.807, 2.05) is 4.90 Å². The highest BCUT2D eigenvalue weighted by Gasteiger charge is 2.26. The fourth-order valence-electron chi connectivity index (χ4n) is 3.54. The lowest BCUT2D eigenvalue weighted by Crippen LogP contribution is -2.49. The SMILES string of the molecule is O=C(c1cnccn1)N1CCN(c2nnc(C3CCCCC3)s2)CC1. The van der Waals surface area contributed by atoms with Gasteiger partial charge in [0.2, 0.25) is 5.13 Å². The van der Waals surface area contributed by atoms with Crippen molar-refractivity contribution >= 4 is 22.4 Å². The van der Waals surface area contributed by atoms with Crippen molar-refractivity contribution in [3.63, 3.8) is 0 Å². The molecule has 2 aromatic rings. The molecule has 1 amide bonds. The molecule has 0 unspecified atom stereocenters. The predicted molar refractivity (Wildman–Crippen MR) is 95.9 cm³/mol. The van der Waals surface area contributed by atoms with E-state index in [9.17, 15) is 4.79 Å². The summed E-state index contributed by atoms with van der Waals surface area (Å²) in [7, 11) is 0. The van der Waals surface area contributed by atoms with Crippen LogP contribution in [0.2, 0.25) is 0 Å². The van der Waals surface area contributed by atoms with Crippen LogP contribution in [0, 0.1) is 0 Å². The maximum absolute atomic E-state index is 12.4. The Morgan fingerprint density at radius 1 is 1.04 bits per heavy atom. The van der Waals surface area contributed by atoms with E-state index in [0.717, 1.165) is 18.2 Å². The number of anilines is 1. The summed E-state index contributed by atoms with van der Waals surface area (Å²) in [6.07, 6.45) is 11.1. The van der Waals surface area contributed by atoms with Crippen molar-refractivity contribution in [2.75, 3.05) is 31.1 Å². The third kappa shape index (κ3) is 3.63. The van der Waals surface area contributed by atoms with Crippen molar-refractivity contribution in [1.82, 2.24) is 25.1 Å². The first-order valence-electron chi connectivity index (χ1n) is 8.95. The molecule has 1 aliphatic heterocycles. The van der Waals surface area contributed by atoms with Gasteiger partial charge in [-0.15, -0.1) is 10.2 Å². The van der Waals surface area contributed by atoms with Crippen LogP contribution in [0.1, 0.15) is 53.5 Å². The number of piperazine rings is 1. The average molecular weight is 358 g/mol. The van der Waals surface area contributed by atoms with E-state index in [-0.39, 0.29) is 5.91 Å². The molecular formula is C17H22N6OS. The molecule has 0 bridgehead atoms. The summed E-state index contributed by atoms with van der Waals surface area (Å²) < 4.78 is 0. The van der Waals surface area contributed by atoms with Crippen molar-refractivity contribution in [2.45, 2.75) is 38.0 Å². The molecule has 0 N–H and O–H groups in total. The minimum absolute atomic E-state index is 0.0482. The van der Waals surface area contributed by atoms with Crippen LogP contribution in [-0.4, -0.2) is 57.2 Å². The van der Waals surface area contributed by atoms with Gasteiger partial charge in [-0.25, -0.2) is 4.98 Å². The summed E-state index contributed by atoms with van der Waals surface area (Å²) in [5.74, 6) is 0.549. The van der Waals surface area contributed by atoms with Gasteiger partial charge in [0.1, 0.15) is 10.7 Å². The summed E-state index contributed by atoms with van der Waals surface area (Å²) >= 11 is 1.73. The van der Waals surface area contributed by atoms with E-state index in [1.54, 1.807) is 23.7 Å². The van der Waals surface area contributed by atoms with Crippen LogP contribution in [0.15, 0.2) is 18.6 Å². The predicted octanol–water partition coefficient (Wildman–Crippen LogP) is 2.34. The van der Waals surface area contributed by atoms with E-state index in [4.69, 9.17) is 0 Å². The minimum atomic E-state index is -0.0482. The fraction of sp³-hybridized carbons (Fsp3) is 0.588. The number of rotatable bonds is 3. The molecule has 1 saturated carbocycles. The molecule has 3 heterocycles. The van der Waals surface area contributed by atoms with Gasteiger partial charge in [0, 0.05) is 44.5 Å². The first-order chi connectivity index (χ1) is 12.3. The van der Waals surface area contributed by atoms with E-state index in [1.165, 1.54) is 43.3 Å². The van der Waals surface area contributed by atoms with Gasteiger partial charge in [0.05, 0.1) is 6.20 Å². The molecule has 2 aromatic heterocycles. The Balaban J connectivity index is 1.36. The number of amides is 1. The Hall–Kier alpha value is -2.09. The lowest BCUT2D eigenvalue weighted by molar-refractivity contribution is 0.0740. The summed E-state index contributed by atoms with van der Waals surface area (Å²) in [5.41, 5.74) is 0.409. The lowest BCUT2D eigenvalue weighted by Gasteiger charge is -2.34. The Labute approximate surface area is 151 Å². The van der Waals surface area contributed by atoms with Gasteiger partial charge < -0.3 is 9.80 Å². The van der Waals surface area contributed by atoms with Crippen LogP contribution in [0.25, 0.3) is 0 Å². The van der Waals surface area contributed by atoms with Gasteiger partial charge in [-0.1, -0.05) is 30.6 Å². The van der Waals surface area contributed by atoms with Gasteiger partial charge in [0.25, 0.3) is 5.91 Å². The normalized spacial score (nSPS) is 19.2. The second kappa shape index (κ2) is 7.43. The number of aromatic nitrogens is 4. The van der Waals surface area contributed by atoms with Gasteiger partial charge in [0.15, 0.2) is 0 Å². The van der Waals surface area contributed by atoms with Crippen LogP contribution in [0.3, 0.4) is 0 Å². The highest BCUT2D eigenvalue weighted by molar-refractivity contribution is 7.15. The molecule has 0 atom stereocenters. The molecule has 8 heteroatoms. The first kappa shape index (κ1) is 16.4. The number of carbonyl (C=O) groups is 1. The van der Waals surface area contributed by atoms with Gasteiger partial charge in [-0.3, -0.25) is 9.78 Å². The Morgan fingerprint density at radius 2 is 1.84 bits per heavy atom. The van der Waals surface area contributed by atoms with E-state index < -0.39 is 0 Å². The molecule has 4 rings (SSSR count). The van der Waals surface area contributed by atoms with Crippen LogP contribution in [0.4, 0.5) is 5.13 Å². The van der Waals surface area contributed by atoms with Crippen LogP contribution >= 0.6 is 11.3 Å². The smallest absolute Gasteiger partial charge is 0.274 e. The third-order valence-electron chi connectivity index (χ3n) is 5.00. The number of nitrogens with zero attached hydrogens (tertiary/aromatic N) is 6. The average Bonchev–Trinajstić information content (AvgIpc) is 3.19. The van der Waals surface area contributed by atoms with Crippen LogP contribution < -0.4 is 4.90 Å². The zero-order valence-corrected chi connectivity index (χ0v) is 15.0. The highest BCUT2D eigenvalue weighted by Crippen LogP contribution is 2.36. The monoisotopic (exact) mass is 358 g/mol. The van der Waals surface area contributed by atoms with E-state index in [0.29, 0.717) is 24.7 Å². The van der Waals surface area contributed by atoms with Crippen molar-refractivity contribution in [1.29, 1.82) is 0 Å². The van der Waals surface area contributed by atoms with Crippen molar-refractivity contribution < 1.29 is 4.79 Å². The molecule has 0 spiro atoms. The quantitative estimate of drug-likeness (QED) is 0.838. The number of hydrogen-bond acceptors (Lipinski definition) is 7. The Morgan fingerprint density at radius 3 is 2.56 bits per heavy atom. The Kier molecular flexibility index (Phi) is 4.87. The second-order valence-electron chi connectivity index (χ2n) is 6.63. The zero-order valence-electron chi connectivity index (χ0n) is 14.2. The number of hydrogen-bond donors (Lipinski definition) is 0. The van der Waals surface area contributed by atoms with Gasteiger partial charge in [-0.2, -0.15) is 0 Å². The standard InChI is InChI=1S/C17H22N6OS/c24-16(14-12-18-6-7-19-14)22-8-10-23(11-9-22)17-21-20-15(25-17)13-4-2-1-3-5-13/h6-7,12-13H,1-5,8-11H2. The second-order valence-corrected chi connectivity index (χ2v) is 7.62. The third-order valence-corrected chi connectivity index (χ3v) is 6.15. The molecule has 2 fully saturated rings. The molecule has 0 radical (unpaired) electrons. The first-order valence-corrected chi connectivity index (χ1v) is 9.76. The number of carbonyl (C=O) groups excluding carboxylic acids is 1. The summed E-state index contributed by atoms with van der Waals surface area (Å²) in [6, 6.07) is 0. The van der Waals surface area contributed by atoms with Gasteiger partial charge in [-0.05, 0) is 12.8 Å². The van der Waals surface area contributed by atoms with Crippen molar-refractivity contribution in [3.8, 4) is 0 Å². The highest BCUT2D eigenvalue weighted by atomic mass is 32.1. The zero-order chi connectivity index (χ0) is 17.1. The lowest BCUT2D eigenvalue weighted by atomic mass is 9.90. The molecule has 7 nitrogen and oxygen atoms in total. The Bertz CT molecular complexity index is 707. The van der Waals surface area contributed by atoms with Crippen molar-refractivity contribution in [3.05, 3.63) is 29.3 Å². The molecule has 1 saturated heterocycles. The topological polar surface area (TPSA) is 75.1 Å². The van der Waals surface area contributed by atoms with Gasteiger partial charge >= 0.3 is 0 Å². The molecule has 1 aliphatic carbocycles. The molecule has 0 aromatic carbocycles. The minimum Gasteiger partial charge on any atom is -0.343 e. The van der Waals surface area contributed by atoms with Crippen LogP contribution in [-0.2, 0) is 0 Å².